The molecule has 3 heterocycles. The molecule has 1 aromatic carbocycles. The first-order valence-electron chi connectivity index (χ1n) is 8.78. The fourth-order valence-corrected chi connectivity index (χ4v) is 3.71. The molecule has 2 aromatic heterocycles. The first-order valence-corrected chi connectivity index (χ1v) is 8.78. The lowest BCUT2D eigenvalue weighted by molar-refractivity contribution is 0.312. The molecule has 0 saturated heterocycles. The first-order chi connectivity index (χ1) is 12.2. The normalized spacial score (nSPS) is 15.4. The van der Waals surface area contributed by atoms with Crippen molar-refractivity contribution in [3.8, 4) is 0 Å². The molecule has 0 spiro atoms. The summed E-state index contributed by atoms with van der Waals surface area (Å²) in [7, 11) is 4.18. The second-order valence-electron chi connectivity index (χ2n) is 6.81. The number of allylic oxidation sites excluding steroid dienone is 1. The van der Waals surface area contributed by atoms with Gasteiger partial charge in [-0.05, 0) is 61.0 Å². The van der Waals surface area contributed by atoms with E-state index in [4.69, 9.17) is 0 Å². The predicted octanol–water partition coefficient (Wildman–Crippen LogP) is 4.08. The number of nitrogens with one attached hydrogen (secondary N) is 1. The quantitative estimate of drug-likeness (QED) is 0.784. The lowest BCUT2D eigenvalue weighted by atomic mass is 10.0. The Bertz CT molecular complexity index is 937. The molecule has 4 rings (SSSR count). The molecule has 128 valence electrons. The zero-order valence-corrected chi connectivity index (χ0v) is 15.1. The van der Waals surface area contributed by atoms with E-state index in [-0.39, 0.29) is 0 Å². The SMILES string of the molecule is CNc1ccc2c(c1)c1c(n2/C=C(/C)c2ccncc2)CCN(C)C1. The highest BCUT2D eigenvalue weighted by Gasteiger charge is 2.22. The Morgan fingerprint density at radius 3 is 2.76 bits per heavy atom. The molecular weight excluding hydrogens is 308 g/mol. The lowest BCUT2D eigenvalue weighted by Crippen LogP contribution is -2.26. The van der Waals surface area contributed by atoms with Crippen molar-refractivity contribution in [2.45, 2.75) is 19.9 Å². The molecule has 3 aromatic rings. The minimum Gasteiger partial charge on any atom is -0.388 e. The van der Waals surface area contributed by atoms with Crippen LogP contribution in [0.25, 0.3) is 22.7 Å². The van der Waals surface area contributed by atoms with Crippen LogP contribution in [0.3, 0.4) is 0 Å². The van der Waals surface area contributed by atoms with Crippen molar-refractivity contribution in [2.24, 2.45) is 0 Å². The van der Waals surface area contributed by atoms with Crippen LogP contribution in [0.1, 0.15) is 23.7 Å². The van der Waals surface area contributed by atoms with E-state index < -0.39 is 0 Å². The molecule has 25 heavy (non-hydrogen) atoms. The molecule has 0 amide bonds. The van der Waals surface area contributed by atoms with Crippen molar-refractivity contribution < 1.29 is 0 Å². The maximum absolute atomic E-state index is 4.13. The number of fused-ring (bicyclic) bond motifs is 3. The van der Waals surface area contributed by atoms with Gasteiger partial charge in [0.2, 0.25) is 0 Å². The van der Waals surface area contributed by atoms with Gasteiger partial charge in [-0.1, -0.05) is 0 Å². The summed E-state index contributed by atoms with van der Waals surface area (Å²) in [6.45, 7) is 4.28. The van der Waals surface area contributed by atoms with Crippen LogP contribution in [0.4, 0.5) is 5.69 Å². The van der Waals surface area contributed by atoms with Gasteiger partial charge in [0.1, 0.15) is 0 Å². The van der Waals surface area contributed by atoms with Crippen LogP contribution in [0.5, 0.6) is 0 Å². The maximum Gasteiger partial charge on any atom is 0.0530 e. The highest BCUT2D eigenvalue weighted by molar-refractivity contribution is 5.92. The number of pyridine rings is 1. The third-order valence-electron chi connectivity index (χ3n) is 5.13. The van der Waals surface area contributed by atoms with Gasteiger partial charge in [-0.3, -0.25) is 4.98 Å². The van der Waals surface area contributed by atoms with Crippen molar-refractivity contribution in [3.05, 3.63) is 59.5 Å². The summed E-state index contributed by atoms with van der Waals surface area (Å²) >= 11 is 0. The standard InChI is InChI=1S/C21H24N4/c1-15(16-6-9-23-10-7-16)13-25-20-5-4-17(22-2)12-18(20)19-14-24(3)11-8-21(19)25/h4-7,9-10,12-13,22H,8,11,14H2,1-3H3/b15-13-. The second-order valence-corrected chi connectivity index (χ2v) is 6.81. The summed E-state index contributed by atoms with van der Waals surface area (Å²) in [6, 6.07) is 10.8. The van der Waals surface area contributed by atoms with Crippen molar-refractivity contribution >= 4 is 28.4 Å². The molecule has 4 heteroatoms. The van der Waals surface area contributed by atoms with Gasteiger partial charge in [0.25, 0.3) is 0 Å². The van der Waals surface area contributed by atoms with E-state index in [1.165, 1.54) is 33.3 Å². The molecule has 1 aliphatic rings. The molecule has 0 radical (unpaired) electrons. The number of hydrogen-bond donors (Lipinski definition) is 1. The predicted molar refractivity (Wildman–Crippen MR) is 106 cm³/mol. The maximum atomic E-state index is 4.13. The summed E-state index contributed by atoms with van der Waals surface area (Å²) in [5.74, 6) is 0. The van der Waals surface area contributed by atoms with Crippen molar-refractivity contribution in [1.82, 2.24) is 14.5 Å². The number of likely N-dealkylation sites (N-methyl/N-ethyl adjacent to an activating group) is 1. The fourth-order valence-electron chi connectivity index (χ4n) is 3.71. The first kappa shape index (κ1) is 15.9. The molecule has 0 atom stereocenters. The highest BCUT2D eigenvalue weighted by Crippen LogP contribution is 2.33. The van der Waals surface area contributed by atoms with E-state index in [9.17, 15) is 0 Å². The van der Waals surface area contributed by atoms with Crippen LogP contribution in [0.15, 0.2) is 42.7 Å². The van der Waals surface area contributed by atoms with Gasteiger partial charge in [-0.2, -0.15) is 0 Å². The van der Waals surface area contributed by atoms with Gasteiger partial charge in [-0.25, -0.2) is 0 Å². The van der Waals surface area contributed by atoms with Crippen LogP contribution in [-0.2, 0) is 13.0 Å². The Hall–Kier alpha value is -2.59. The number of rotatable bonds is 3. The largest absolute Gasteiger partial charge is 0.388 e. The van der Waals surface area contributed by atoms with Crippen LogP contribution >= 0.6 is 0 Å². The summed E-state index contributed by atoms with van der Waals surface area (Å²) < 4.78 is 2.40. The molecule has 0 fully saturated rings. The Labute approximate surface area is 148 Å². The number of nitrogens with zero attached hydrogens (tertiary/aromatic N) is 3. The zero-order chi connectivity index (χ0) is 17.4. The number of aromatic nitrogens is 2. The van der Waals surface area contributed by atoms with E-state index in [0.29, 0.717) is 0 Å². The van der Waals surface area contributed by atoms with E-state index in [2.05, 4.69) is 70.3 Å². The Morgan fingerprint density at radius 2 is 2.00 bits per heavy atom. The second kappa shape index (κ2) is 6.37. The zero-order valence-electron chi connectivity index (χ0n) is 15.1. The smallest absolute Gasteiger partial charge is 0.0530 e. The summed E-state index contributed by atoms with van der Waals surface area (Å²) in [5.41, 5.74) is 7.81. The van der Waals surface area contributed by atoms with E-state index >= 15 is 0 Å². The highest BCUT2D eigenvalue weighted by atomic mass is 15.1. The summed E-state index contributed by atoms with van der Waals surface area (Å²) in [4.78, 5) is 6.53. The molecule has 0 bridgehead atoms. The third kappa shape index (κ3) is 2.83. The molecule has 4 nitrogen and oxygen atoms in total. The molecule has 0 unspecified atom stereocenters. The van der Waals surface area contributed by atoms with Gasteiger partial charge in [0, 0.05) is 61.9 Å². The van der Waals surface area contributed by atoms with Crippen LogP contribution in [0.2, 0.25) is 0 Å². The van der Waals surface area contributed by atoms with Crippen LogP contribution < -0.4 is 5.32 Å². The molecule has 0 saturated carbocycles. The summed E-state index contributed by atoms with van der Waals surface area (Å²) in [6.07, 6.45) is 7.06. The van der Waals surface area contributed by atoms with Gasteiger partial charge < -0.3 is 14.8 Å². The minimum absolute atomic E-state index is 1.01. The topological polar surface area (TPSA) is 33.1 Å². The van der Waals surface area contributed by atoms with Crippen molar-refractivity contribution in [1.29, 1.82) is 0 Å². The van der Waals surface area contributed by atoms with Gasteiger partial charge in [0.05, 0.1) is 5.52 Å². The molecule has 1 aliphatic heterocycles. The number of anilines is 1. The van der Waals surface area contributed by atoms with E-state index in [1.54, 1.807) is 0 Å². The number of benzene rings is 1. The Morgan fingerprint density at radius 1 is 1.20 bits per heavy atom. The monoisotopic (exact) mass is 332 g/mol. The van der Waals surface area contributed by atoms with Crippen LogP contribution in [-0.4, -0.2) is 35.1 Å². The van der Waals surface area contributed by atoms with Crippen LogP contribution in [0, 0.1) is 0 Å². The average molecular weight is 332 g/mol. The number of hydrogen-bond acceptors (Lipinski definition) is 3. The average Bonchev–Trinajstić information content (AvgIpc) is 2.95. The summed E-state index contributed by atoms with van der Waals surface area (Å²) in [5, 5.41) is 4.62. The molecule has 0 aliphatic carbocycles. The van der Waals surface area contributed by atoms with E-state index in [1.807, 2.05) is 19.4 Å². The third-order valence-corrected chi connectivity index (χ3v) is 5.13. The van der Waals surface area contributed by atoms with Gasteiger partial charge in [0.15, 0.2) is 0 Å². The molecule has 1 N–H and O–H groups in total. The minimum atomic E-state index is 1.01. The van der Waals surface area contributed by atoms with Crippen molar-refractivity contribution in [3.63, 3.8) is 0 Å². The van der Waals surface area contributed by atoms with E-state index in [0.717, 1.165) is 25.2 Å². The lowest BCUT2D eigenvalue weighted by Gasteiger charge is -2.23. The van der Waals surface area contributed by atoms with Crippen molar-refractivity contribution in [2.75, 3.05) is 26.0 Å². The van der Waals surface area contributed by atoms with Gasteiger partial charge >= 0.3 is 0 Å². The fraction of sp³-hybridized carbons (Fsp3) is 0.286. The Balaban J connectivity index is 1.91. The van der Waals surface area contributed by atoms with Gasteiger partial charge in [-0.15, -0.1) is 0 Å². The molecular formula is C21H24N4. The Kier molecular flexibility index (Phi) is 4.06.